The Balaban J connectivity index is 1.27. The van der Waals surface area contributed by atoms with Crippen molar-refractivity contribution < 1.29 is 13.9 Å². The number of carbonyl (C=O) groups is 1. The highest BCUT2D eigenvalue weighted by atomic mass is 35.5. The van der Waals surface area contributed by atoms with Gasteiger partial charge in [0.2, 0.25) is 5.91 Å². The summed E-state index contributed by atoms with van der Waals surface area (Å²) >= 11 is 5.85. The highest BCUT2D eigenvalue weighted by Gasteiger charge is 2.24. The molecule has 140 valence electrons. The third-order valence-electron chi connectivity index (χ3n) is 4.65. The number of ether oxygens (including phenoxy) is 1. The molecule has 0 unspecified atom stereocenters. The number of piperidine rings is 1. The molecular weight excluding hydrogens is 352 g/mol. The van der Waals surface area contributed by atoms with E-state index in [4.69, 9.17) is 20.8 Å². The van der Waals surface area contributed by atoms with Gasteiger partial charge in [-0.05, 0) is 55.8 Å². The highest BCUT2D eigenvalue weighted by Crippen LogP contribution is 2.19. The van der Waals surface area contributed by atoms with Gasteiger partial charge in [0.05, 0.1) is 26.0 Å². The van der Waals surface area contributed by atoms with Gasteiger partial charge < -0.3 is 14.5 Å². The maximum absolute atomic E-state index is 12.3. The molecule has 2 heterocycles. The number of nitrogens with one attached hydrogen (secondary N) is 1. The van der Waals surface area contributed by atoms with E-state index in [-0.39, 0.29) is 11.8 Å². The third kappa shape index (κ3) is 5.87. The molecule has 0 aliphatic carbocycles. The highest BCUT2D eigenvalue weighted by molar-refractivity contribution is 6.30. The average molecular weight is 377 g/mol. The average Bonchev–Trinajstić information content (AvgIpc) is 3.16. The summed E-state index contributed by atoms with van der Waals surface area (Å²) < 4.78 is 11.0. The normalized spacial score (nSPS) is 15.9. The van der Waals surface area contributed by atoms with Crippen LogP contribution >= 0.6 is 11.6 Å². The number of furan rings is 1. The summed E-state index contributed by atoms with van der Waals surface area (Å²) in [6, 6.07) is 11.5. The SMILES string of the molecule is O=C(NCCOCc1ccc(Cl)cc1)C1CCN(Cc2ccco2)CC1. The fourth-order valence-corrected chi connectivity index (χ4v) is 3.26. The van der Waals surface area contributed by atoms with Gasteiger partial charge in [-0.3, -0.25) is 9.69 Å². The van der Waals surface area contributed by atoms with Crippen LogP contribution in [0.2, 0.25) is 5.02 Å². The number of likely N-dealkylation sites (tertiary alicyclic amines) is 1. The second-order valence-corrected chi connectivity index (χ2v) is 7.04. The predicted octanol–water partition coefficient (Wildman–Crippen LogP) is 3.48. The molecule has 1 saturated heterocycles. The number of nitrogens with zero attached hydrogens (tertiary/aromatic N) is 1. The molecular formula is C20H25ClN2O3. The minimum atomic E-state index is 0.0964. The van der Waals surface area contributed by atoms with E-state index in [1.54, 1.807) is 6.26 Å². The van der Waals surface area contributed by atoms with Gasteiger partial charge >= 0.3 is 0 Å². The van der Waals surface area contributed by atoms with Crippen LogP contribution < -0.4 is 5.32 Å². The largest absolute Gasteiger partial charge is 0.468 e. The Kier molecular flexibility index (Phi) is 7.12. The first kappa shape index (κ1) is 19.0. The predicted molar refractivity (Wildman–Crippen MR) is 101 cm³/mol. The topological polar surface area (TPSA) is 54.7 Å². The molecule has 1 aliphatic heterocycles. The van der Waals surface area contributed by atoms with E-state index in [0.717, 1.165) is 48.8 Å². The van der Waals surface area contributed by atoms with Gasteiger partial charge in [0.1, 0.15) is 5.76 Å². The van der Waals surface area contributed by atoms with Gasteiger partial charge in [-0.25, -0.2) is 0 Å². The summed E-state index contributed by atoms with van der Waals surface area (Å²) in [6.45, 7) is 4.24. The van der Waals surface area contributed by atoms with Crippen molar-refractivity contribution in [2.45, 2.75) is 26.0 Å². The van der Waals surface area contributed by atoms with E-state index in [0.29, 0.717) is 19.8 Å². The summed E-state index contributed by atoms with van der Waals surface area (Å²) in [5, 5.41) is 3.70. The first-order valence-corrected chi connectivity index (χ1v) is 9.43. The zero-order valence-electron chi connectivity index (χ0n) is 14.8. The van der Waals surface area contributed by atoms with E-state index in [9.17, 15) is 4.79 Å². The molecule has 26 heavy (non-hydrogen) atoms. The standard InChI is InChI=1S/C20H25ClN2O3/c21-18-5-3-16(4-6-18)15-25-13-9-22-20(24)17-7-10-23(11-8-17)14-19-2-1-12-26-19/h1-6,12,17H,7-11,13-15H2,(H,22,24). The van der Waals surface area contributed by atoms with Crippen LogP contribution in [0.1, 0.15) is 24.2 Å². The van der Waals surface area contributed by atoms with Crippen LogP contribution in [0.15, 0.2) is 47.1 Å². The van der Waals surface area contributed by atoms with E-state index >= 15 is 0 Å². The number of rotatable bonds is 8. The lowest BCUT2D eigenvalue weighted by molar-refractivity contribution is -0.126. The summed E-state index contributed by atoms with van der Waals surface area (Å²) in [4.78, 5) is 14.6. The number of hydrogen-bond acceptors (Lipinski definition) is 4. The first-order chi connectivity index (χ1) is 12.7. The van der Waals surface area contributed by atoms with E-state index < -0.39 is 0 Å². The molecule has 1 N–H and O–H groups in total. The Bertz CT molecular complexity index is 665. The fraction of sp³-hybridized carbons (Fsp3) is 0.450. The summed E-state index contributed by atoms with van der Waals surface area (Å²) in [6.07, 6.45) is 3.47. The Morgan fingerprint density at radius 1 is 1.23 bits per heavy atom. The van der Waals surface area contributed by atoms with Crippen molar-refractivity contribution in [2.24, 2.45) is 5.92 Å². The lowest BCUT2D eigenvalue weighted by Crippen LogP contribution is -2.41. The van der Waals surface area contributed by atoms with Crippen LogP contribution in [0, 0.1) is 5.92 Å². The molecule has 5 nitrogen and oxygen atoms in total. The fourth-order valence-electron chi connectivity index (χ4n) is 3.14. The minimum absolute atomic E-state index is 0.0964. The van der Waals surface area contributed by atoms with Crippen molar-refractivity contribution in [3.05, 3.63) is 59.0 Å². The molecule has 0 atom stereocenters. The van der Waals surface area contributed by atoms with Crippen LogP contribution in [0.25, 0.3) is 0 Å². The van der Waals surface area contributed by atoms with Crippen LogP contribution in [0.4, 0.5) is 0 Å². The molecule has 2 aromatic rings. The van der Waals surface area contributed by atoms with Gasteiger partial charge in [0.15, 0.2) is 0 Å². The molecule has 1 aromatic heterocycles. The third-order valence-corrected chi connectivity index (χ3v) is 4.90. The molecule has 1 fully saturated rings. The second-order valence-electron chi connectivity index (χ2n) is 6.60. The Morgan fingerprint density at radius 2 is 2.00 bits per heavy atom. The van der Waals surface area contributed by atoms with Gasteiger partial charge in [-0.1, -0.05) is 23.7 Å². The van der Waals surface area contributed by atoms with Crippen molar-refractivity contribution in [3.8, 4) is 0 Å². The number of benzene rings is 1. The molecule has 0 radical (unpaired) electrons. The molecule has 0 saturated carbocycles. The first-order valence-electron chi connectivity index (χ1n) is 9.05. The molecule has 3 rings (SSSR count). The van der Waals surface area contributed by atoms with Gasteiger partial charge in [0, 0.05) is 17.5 Å². The Labute approximate surface area is 159 Å². The zero-order chi connectivity index (χ0) is 18.2. The number of hydrogen-bond donors (Lipinski definition) is 1. The van der Waals surface area contributed by atoms with Crippen molar-refractivity contribution in [1.82, 2.24) is 10.2 Å². The van der Waals surface area contributed by atoms with Crippen molar-refractivity contribution in [2.75, 3.05) is 26.2 Å². The quantitative estimate of drug-likeness (QED) is 0.717. The van der Waals surface area contributed by atoms with Crippen LogP contribution in [0.3, 0.4) is 0 Å². The molecule has 6 heteroatoms. The maximum atomic E-state index is 12.3. The molecule has 1 aromatic carbocycles. The van der Waals surface area contributed by atoms with E-state index in [1.165, 1.54) is 0 Å². The monoisotopic (exact) mass is 376 g/mol. The van der Waals surface area contributed by atoms with Crippen molar-refractivity contribution in [3.63, 3.8) is 0 Å². The summed E-state index contributed by atoms with van der Waals surface area (Å²) in [5.41, 5.74) is 1.07. The van der Waals surface area contributed by atoms with Crippen LogP contribution in [-0.4, -0.2) is 37.0 Å². The van der Waals surface area contributed by atoms with E-state index in [2.05, 4.69) is 10.2 Å². The smallest absolute Gasteiger partial charge is 0.223 e. The lowest BCUT2D eigenvalue weighted by Gasteiger charge is -2.30. The van der Waals surface area contributed by atoms with Gasteiger partial charge in [0.25, 0.3) is 0 Å². The number of amides is 1. The number of carbonyl (C=O) groups excluding carboxylic acids is 1. The van der Waals surface area contributed by atoms with Crippen molar-refractivity contribution >= 4 is 17.5 Å². The Morgan fingerprint density at radius 3 is 2.69 bits per heavy atom. The summed E-state index contributed by atoms with van der Waals surface area (Å²) in [7, 11) is 0. The van der Waals surface area contributed by atoms with E-state index in [1.807, 2.05) is 36.4 Å². The Hall–Kier alpha value is -1.82. The number of halogens is 1. The molecule has 1 aliphatic rings. The van der Waals surface area contributed by atoms with Gasteiger partial charge in [-0.15, -0.1) is 0 Å². The summed E-state index contributed by atoms with van der Waals surface area (Å²) in [5.74, 6) is 1.21. The van der Waals surface area contributed by atoms with Crippen LogP contribution in [0.5, 0.6) is 0 Å². The molecule has 0 bridgehead atoms. The minimum Gasteiger partial charge on any atom is -0.468 e. The second kappa shape index (κ2) is 9.76. The zero-order valence-corrected chi connectivity index (χ0v) is 15.6. The van der Waals surface area contributed by atoms with Crippen molar-refractivity contribution in [1.29, 1.82) is 0 Å². The molecule has 0 spiro atoms. The lowest BCUT2D eigenvalue weighted by atomic mass is 9.96. The maximum Gasteiger partial charge on any atom is 0.223 e. The molecule has 1 amide bonds. The van der Waals surface area contributed by atoms with Gasteiger partial charge in [-0.2, -0.15) is 0 Å². The van der Waals surface area contributed by atoms with Crippen LogP contribution in [-0.2, 0) is 22.7 Å².